The van der Waals surface area contributed by atoms with E-state index in [4.69, 9.17) is 9.84 Å². The minimum Gasteiger partial charge on any atom is -0.478 e. The van der Waals surface area contributed by atoms with Gasteiger partial charge < -0.3 is 20.3 Å². The van der Waals surface area contributed by atoms with E-state index in [1.165, 1.54) is 6.07 Å². The van der Waals surface area contributed by atoms with Gasteiger partial charge in [0.25, 0.3) is 0 Å². The third-order valence-electron chi connectivity index (χ3n) is 3.64. The van der Waals surface area contributed by atoms with Gasteiger partial charge in [-0.1, -0.05) is 18.2 Å². The van der Waals surface area contributed by atoms with E-state index in [1.807, 2.05) is 0 Å². The Kier molecular flexibility index (Phi) is 4.93. The first-order valence-electron chi connectivity index (χ1n) is 6.88. The van der Waals surface area contributed by atoms with Crippen molar-refractivity contribution in [1.29, 1.82) is 0 Å². The number of hydrogen-bond donors (Lipinski definition) is 3. The first-order valence-corrected chi connectivity index (χ1v) is 6.88. The molecule has 0 bridgehead atoms. The quantitative estimate of drug-likeness (QED) is 0.738. The van der Waals surface area contributed by atoms with Gasteiger partial charge >= 0.3 is 5.97 Å². The molecule has 1 heterocycles. The van der Waals surface area contributed by atoms with Crippen molar-refractivity contribution in [3.8, 4) is 0 Å². The number of carboxylic acids is 1. The Bertz CT molecular complexity index is 523. The maximum absolute atomic E-state index is 11.9. The van der Waals surface area contributed by atoms with Crippen molar-refractivity contribution in [1.82, 2.24) is 5.32 Å². The van der Waals surface area contributed by atoms with E-state index in [1.54, 1.807) is 18.2 Å². The van der Waals surface area contributed by atoms with Crippen molar-refractivity contribution < 1.29 is 24.5 Å². The van der Waals surface area contributed by atoms with Crippen molar-refractivity contribution >= 4 is 11.9 Å². The monoisotopic (exact) mass is 293 g/mol. The Hall–Kier alpha value is -1.92. The maximum atomic E-state index is 11.9. The zero-order valence-corrected chi connectivity index (χ0v) is 11.7. The molecule has 0 unspecified atom stereocenters. The predicted octanol–water partition coefficient (Wildman–Crippen LogP) is 0.585. The number of carbonyl (C=O) groups is 2. The van der Waals surface area contributed by atoms with E-state index in [9.17, 15) is 14.7 Å². The van der Waals surface area contributed by atoms with Crippen LogP contribution >= 0.6 is 0 Å². The second-order valence-corrected chi connectivity index (χ2v) is 5.25. The standard InChI is InChI=1S/C15H19NO5/c17-13(16-10-15(20)5-7-21-8-6-15)9-11-3-1-2-4-12(11)14(18)19/h1-4,20H,5-10H2,(H,16,17)(H,18,19). The molecule has 1 amide bonds. The molecule has 0 atom stereocenters. The fourth-order valence-corrected chi connectivity index (χ4v) is 2.31. The van der Waals surface area contributed by atoms with Gasteiger partial charge in [0.2, 0.25) is 5.91 Å². The summed E-state index contributed by atoms with van der Waals surface area (Å²) in [4.78, 5) is 23.0. The van der Waals surface area contributed by atoms with Crippen molar-refractivity contribution in [3.63, 3.8) is 0 Å². The van der Waals surface area contributed by atoms with E-state index in [0.29, 0.717) is 31.6 Å². The average molecular weight is 293 g/mol. The lowest BCUT2D eigenvalue weighted by molar-refractivity contribution is -0.123. The van der Waals surface area contributed by atoms with Crippen LogP contribution in [0.3, 0.4) is 0 Å². The van der Waals surface area contributed by atoms with E-state index < -0.39 is 11.6 Å². The molecule has 1 aromatic carbocycles. The molecule has 114 valence electrons. The highest BCUT2D eigenvalue weighted by Gasteiger charge is 2.30. The van der Waals surface area contributed by atoms with Gasteiger partial charge in [-0.2, -0.15) is 0 Å². The van der Waals surface area contributed by atoms with E-state index in [-0.39, 0.29) is 24.4 Å². The van der Waals surface area contributed by atoms with Crippen LogP contribution in [0.5, 0.6) is 0 Å². The van der Waals surface area contributed by atoms with Crippen LogP contribution in [0.1, 0.15) is 28.8 Å². The van der Waals surface area contributed by atoms with Crippen LogP contribution < -0.4 is 5.32 Å². The van der Waals surface area contributed by atoms with Crippen LogP contribution in [0.25, 0.3) is 0 Å². The summed E-state index contributed by atoms with van der Waals surface area (Å²) in [5, 5.41) is 22.0. The number of ether oxygens (including phenoxy) is 1. The minimum atomic E-state index is -1.05. The van der Waals surface area contributed by atoms with Crippen LogP contribution in [0, 0.1) is 0 Å². The van der Waals surface area contributed by atoms with Crippen molar-refractivity contribution in [2.45, 2.75) is 24.9 Å². The number of benzene rings is 1. The Morgan fingerprint density at radius 3 is 2.57 bits per heavy atom. The largest absolute Gasteiger partial charge is 0.478 e. The second-order valence-electron chi connectivity index (χ2n) is 5.25. The molecule has 6 heteroatoms. The number of rotatable bonds is 5. The third kappa shape index (κ3) is 4.27. The van der Waals surface area contributed by atoms with Crippen molar-refractivity contribution in [2.24, 2.45) is 0 Å². The summed E-state index contributed by atoms with van der Waals surface area (Å²) in [5.74, 6) is -1.36. The molecule has 3 N–H and O–H groups in total. The molecule has 1 saturated heterocycles. The summed E-state index contributed by atoms with van der Waals surface area (Å²) in [7, 11) is 0. The Morgan fingerprint density at radius 2 is 1.90 bits per heavy atom. The summed E-state index contributed by atoms with van der Waals surface area (Å²) in [6.07, 6.45) is 0.951. The van der Waals surface area contributed by atoms with Crippen molar-refractivity contribution in [3.05, 3.63) is 35.4 Å². The second kappa shape index (κ2) is 6.69. The minimum absolute atomic E-state index is 0.0188. The van der Waals surface area contributed by atoms with Gasteiger partial charge in [0.1, 0.15) is 0 Å². The topological polar surface area (TPSA) is 95.9 Å². The van der Waals surface area contributed by atoms with Gasteiger partial charge in [0.15, 0.2) is 0 Å². The summed E-state index contributed by atoms with van der Waals surface area (Å²) < 4.78 is 5.17. The maximum Gasteiger partial charge on any atom is 0.335 e. The fourth-order valence-electron chi connectivity index (χ4n) is 2.31. The molecule has 1 aliphatic heterocycles. The number of hydrogen-bond acceptors (Lipinski definition) is 4. The normalized spacial score (nSPS) is 17.2. The highest BCUT2D eigenvalue weighted by Crippen LogP contribution is 2.19. The summed E-state index contributed by atoms with van der Waals surface area (Å²) in [5.41, 5.74) is -0.348. The highest BCUT2D eigenvalue weighted by atomic mass is 16.5. The SMILES string of the molecule is O=C(Cc1ccccc1C(=O)O)NCC1(O)CCOCC1. The van der Waals surface area contributed by atoms with Crippen LogP contribution in [-0.4, -0.2) is 47.4 Å². The Morgan fingerprint density at radius 1 is 1.24 bits per heavy atom. The summed E-state index contributed by atoms with van der Waals surface area (Å²) >= 11 is 0. The number of carbonyl (C=O) groups excluding carboxylic acids is 1. The van der Waals surface area contributed by atoms with E-state index in [0.717, 1.165) is 0 Å². The number of amides is 1. The lowest BCUT2D eigenvalue weighted by atomic mass is 9.94. The highest BCUT2D eigenvalue weighted by molar-refractivity contribution is 5.91. The summed E-state index contributed by atoms with van der Waals surface area (Å²) in [6, 6.07) is 6.40. The average Bonchev–Trinajstić information content (AvgIpc) is 2.46. The molecule has 0 radical (unpaired) electrons. The molecule has 6 nitrogen and oxygen atoms in total. The van der Waals surface area contributed by atoms with Crippen LogP contribution in [0.4, 0.5) is 0 Å². The molecule has 1 aliphatic rings. The fraction of sp³-hybridized carbons (Fsp3) is 0.467. The number of aliphatic hydroxyl groups is 1. The van der Waals surface area contributed by atoms with E-state index in [2.05, 4.69) is 5.32 Å². The molecule has 1 aromatic rings. The Labute approximate surface area is 122 Å². The van der Waals surface area contributed by atoms with Gasteiger partial charge in [-0.15, -0.1) is 0 Å². The van der Waals surface area contributed by atoms with Crippen molar-refractivity contribution in [2.75, 3.05) is 19.8 Å². The first-order chi connectivity index (χ1) is 10.0. The molecular weight excluding hydrogens is 274 g/mol. The van der Waals surface area contributed by atoms with Crippen LogP contribution in [0.15, 0.2) is 24.3 Å². The number of nitrogens with one attached hydrogen (secondary N) is 1. The van der Waals surface area contributed by atoms with Crippen LogP contribution in [-0.2, 0) is 16.0 Å². The lowest BCUT2D eigenvalue weighted by Crippen LogP contribution is -2.47. The smallest absolute Gasteiger partial charge is 0.335 e. The molecule has 0 saturated carbocycles. The van der Waals surface area contributed by atoms with Gasteiger partial charge in [-0.3, -0.25) is 4.79 Å². The lowest BCUT2D eigenvalue weighted by Gasteiger charge is -2.32. The number of aromatic carboxylic acids is 1. The first kappa shape index (κ1) is 15.5. The zero-order valence-electron chi connectivity index (χ0n) is 11.7. The van der Waals surface area contributed by atoms with Gasteiger partial charge in [0, 0.05) is 32.6 Å². The summed E-state index contributed by atoms with van der Waals surface area (Å²) in [6.45, 7) is 1.12. The van der Waals surface area contributed by atoms with Gasteiger partial charge in [0.05, 0.1) is 17.6 Å². The van der Waals surface area contributed by atoms with Crippen LogP contribution in [0.2, 0.25) is 0 Å². The Balaban J connectivity index is 1.91. The molecule has 2 rings (SSSR count). The molecule has 0 aromatic heterocycles. The third-order valence-corrected chi connectivity index (χ3v) is 3.64. The molecule has 0 aliphatic carbocycles. The van der Waals surface area contributed by atoms with Gasteiger partial charge in [-0.25, -0.2) is 4.79 Å². The predicted molar refractivity (Wildman–Crippen MR) is 75.1 cm³/mol. The molecular formula is C15H19NO5. The van der Waals surface area contributed by atoms with Gasteiger partial charge in [-0.05, 0) is 11.6 Å². The van der Waals surface area contributed by atoms with E-state index >= 15 is 0 Å². The molecule has 0 spiro atoms. The molecule has 1 fully saturated rings. The number of carboxylic acid groups (broad SMARTS) is 1. The zero-order chi connectivity index (χ0) is 15.3. The molecule has 21 heavy (non-hydrogen) atoms.